The van der Waals surface area contributed by atoms with E-state index >= 15 is 0 Å². The number of carbonyl (C=O) groups is 1. The number of nitrogens with zero attached hydrogens (tertiary/aromatic N) is 1. The summed E-state index contributed by atoms with van der Waals surface area (Å²) >= 11 is 6.18. The van der Waals surface area contributed by atoms with Gasteiger partial charge in [-0.05, 0) is 43.9 Å². The highest BCUT2D eigenvalue weighted by Gasteiger charge is 2.51. The van der Waals surface area contributed by atoms with Crippen molar-refractivity contribution in [1.29, 1.82) is 5.26 Å². The van der Waals surface area contributed by atoms with Crippen molar-refractivity contribution in [2.24, 2.45) is 5.41 Å². The molecule has 94 valence electrons. The molecule has 0 radical (unpaired) electrons. The summed E-state index contributed by atoms with van der Waals surface area (Å²) in [5, 5.41) is 9.68. The van der Waals surface area contributed by atoms with E-state index < -0.39 is 5.41 Å². The zero-order chi connectivity index (χ0) is 13.5. The van der Waals surface area contributed by atoms with Gasteiger partial charge < -0.3 is 4.74 Å². The second kappa shape index (κ2) is 4.29. The maximum Gasteiger partial charge on any atom is 0.187 e. The number of halogens is 1. The molecular weight excluding hydrogens is 250 g/mol. The highest BCUT2D eigenvalue weighted by atomic mass is 35.5. The van der Waals surface area contributed by atoms with E-state index in [9.17, 15) is 4.79 Å². The molecule has 1 fully saturated rings. The summed E-state index contributed by atoms with van der Waals surface area (Å²) < 4.78 is 5.26. The molecule has 0 heterocycles. The van der Waals surface area contributed by atoms with Crippen LogP contribution in [0, 0.1) is 30.6 Å². The summed E-state index contributed by atoms with van der Waals surface area (Å²) in [5.41, 5.74) is 1.16. The molecule has 0 aromatic heterocycles. The van der Waals surface area contributed by atoms with Crippen LogP contribution in [0.3, 0.4) is 0 Å². The summed E-state index contributed by atoms with van der Waals surface area (Å²) in [6.07, 6.45) is 1.24. The Balaban J connectivity index is 2.61. The van der Waals surface area contributed by atoms with Gasteiger partial charge in [0.25, 0.3) is 0 Å². The SMILES string of the molecule is COc1cc(C)c(Cl)c(C)c1C(=O)C1(C#N)CC1. The van der Waals surface area contributed by atoms with Crippen molar-refractivity contribution in [3.05, 3.63) is 27.8 Å². The molecule has 1 aromatic carbocycles. The van der Waals surface area contributed by atoms with Crippen LogP contribution >= 0.6 is 11.6 Å². The fraction of sp³-hybridized carbons (Fsp3) is 0.429. The molecule has 0 spiro atoms. The third kappa shape index (κ3) is 1.77. The van der Waals surface area contributed by atoms with Crippen LogP contribution in [0.15, 0.2) is 6.07 Å². The monoisotopic (exact) mass is 263 g/mol. The van der Waals surface area contributed by atoms with Crippen molar-refractivity contribution in [3.63, 3.8) is 0 Å². The van der Waals surface area contributed by atoms with Crippen molar-refractivity contribution in [2.75, 3.05) is 7.11 Å². The van der Waals surface area contributed by atoms with Crippen molar-refractivity contribution in [1.82, 2.24) is 0 Å². The molecule has 0 N–H and O–H groups in total. The van der Waals surface area contributed by atoms with Gasteiger partial charge in [-0.3, -0.25) is 4.79 Å². The molecule has 4 heteroatoms. The lowest BCUT2D eigenvalue weighted by Gasteiger charge is -2.15. The molecule has 0 amide bonds. The molecule has 0 bridgehead atoms. The quantitative estimate of drug-likeness (QED) is 0.785. The average molecular weight is 264 g/mol. The molecular formula is C14H14ClNO2. The number of methoxy groups -OCH3 is 1. The molecule has 0 aliphatic heterocycles. The number of aryl methyl sites for hydroxylation is 1. The molecule has 0 atom stereocenters. The second-order valence-electron chi connectivity index (χ2n) is 4.73. The van der Waals surface area contributed by atoms with Crippen LogP contribution in [0.2, 0.25) is 5.02 Å². The number of carbonyl (C=O) groups excluding carboxylic acids is 1. The Morgan fingerprint density at radius 2 is 2.11 bits per heavy atom. The molecule has 1 aliphatic carbocycles. The minimum atomic E-state index is -0.851. The van der Waals surface area contributed by atoms with Gasteiger partial charge in [0.15, 0.2) is 5.78 Å². The predicted molar refractivity (Wildman–Crippen MR) is 69.1 cm³/mol. The number of hydrogen-bond acceptors (Lipinski definition) is 3. The molecule has 0 saturated heterocycles. The minimum absolute atomic E-state index is 0.166. The lowest BCUT2D eigenvalue weighted by Crippen LogP contribution is -2.17. The summed E-state index contributed by atoms with van der Waals surface area (Å²) in [4.78, 5) is 12.5. The highest BCUT2D eigenvalue weighted by Crippen LogP contribution is 2.49. The molecule has 18 heavy (non-hydrogen) atoms. The smallest absolute Gasteiger partial charge is 0.187 e. The lowest BCUT2D eigenvalue weighted by atomic mass is 9.91. The molecule has 0 unspecified atom stereocenters. The van der Waals surface area contributed by atoms with Gasteiger partial charge in [-0.1, -0.05) is 11.6 Å². The molecule has 1 aliphatic rings. The van der Waals surface area contributed by atoms with E-state index in [1.807, 2.05) is 6.92 Å². The number of rotatable bonds is 3. The summed E-state index contributed by atoms with van der Waals surface area (Å²) in [6.45, 7) is 3.65. The van der Waals surface area contributed by atoms with Gasteiger partial charge in [-0.15, -0.1) is 0 Å². The van der Waals surface area contributed by atoms with Crippen molar-refractivity contribution in [3.8, 4) is 11.8 Å². The fourth-order valence-corrected chi connectivity index (χ4v) is 2.27. The first-order chi connectivity index (χ1) is 8.46. The molecule has 3 nitrogen and oxygen atoms in total. The summed E-state index contributed by atoms with van der Waals surface area (Å²) in [7, 11) is 1.52. The normalized spacial score (nSPS) is 15.9. The number of ether oxygens (including phenoxy) is 1. The van der Waals surface area contributed by atoms with Crippen LogP contribution in [0.5, 0.6) is 5.75 Å². The van der Waals surface area contributed by atoms with Gasteiger partial charge >= 0.3 is 0 Å². The molecule has 2 rings (SSSR count). The lowest BCUT2D eigenvalue weighted by molar-refractivity contribution is 0.0931. The third-order valence-corrected chi connectivity index (χ3v) is 4.07. The minimum Gasteiger partial charge on any atom is -0.496 e. The van der Waals surface area contributed by atoms with Crippen LogP contribution < -0.4 is 4.74 Å². The number of nitriles is 1. The van der Waals surface area contributed by atoms with Gasteiger partial charge in [0.05, 0.1) is 18.7 Å². The van der Waals surface area contributed by atoms with Crippen LogP contribution in [0.1, 0.15) is 34.3 Å². The topological polar surface area (TPSA) is 50.1 Å². The Labute approximate surface area is 111 Å². The standard InChI is InChI=1S/C14H14ClNO2/c1-8-6-10(18-3)11(9(2)12(8)15)13(17)14(7-16)4-5-14/h6H,4-5H2,1-3H3. The zero-order valence-electron chi connectivity index (χ0n) is 10.6. The van der Waals surface area contributed by atoms with Gasteiger partial charge in [-0.25, -0.2) is 0 Å². The van der Waals surface area contributed by atoms with E-state index in [1.165, 1.54) is 7.11 Å². The van der Waals surface area contributed by atoms with Crippen molar-refractivity contribution in [2.45, 2.75) is 26.7 Å². The summed E-state index contributed by atoms with van der Waals surface area (Å²) in [5.74, 6) is 0.335. The fourth-order valence-electron chi connectivity index (χ4n) is 2.12. The van der Waals surface area contributed by atoms with E-state index in [1.54, 1.807) is 13.0 Å². The first-order valence-corrected chi connectivity index (χ1v) is 6.14. The first-order valence-electron chi connectivity index (χ1n) is 5.76. The van der Waals surface area contributed by atoms with Crippen LogP contribution in [0.4, 0.5) is 0 Å². The number of Topliss-reactive ketones (excluding diaryl/α,β-unsaturated/α-hetero) is 1. The zero-order valence-corrected chi connectivity index (χ0v) is 11.4. The van der Waals surface area contributed by atoms with Gasteiger partial charge in [0.2, 0.25) is 0 Å². The van der Waals surface area contributed by atoms with Gasteiger partial charge in [-0.2, -0.15) is 5.26 Å². The largest absolute Gasteiger partial charge is 0.496 e. The van der Waals surface area contributed by atoms with Crippen molar-refractivity contribution < 1.29 is 9.53 Å². The van der Waals surface area contributed by atoms with E-state index in [2.05, 4.69) is 6.07 Å². The summed E-state index contributed by atoms with van der Waals surface area (Å²) in [6, 6.07) is 3.86. The van der Waals surface area contributed by atoms with Crippen molar-refractivity contribution >= 4 is 17.4 Å². The van der Waals surface area contributed by atoms with E-state index in [0.29, 0.717) is 34.7 Å². The number of hydrogen-bond donors (Lipinski definition) is 0. The molecule has 1 aromatic rings. The molecule has 1 saturated carbocycles. The number of benzene rings is 1. The Hall–Kier alpha value is -1.53. The average Bonchev–Trinajstić information content (AvgIpc) is 3.15. The Morgan fingerprint density at radius 1 is 1.50 bits per heavy atom. The van der Waals surface area contributed by atoms with Crippen LogP contribution in [-0.4, -0.2) is 12.9 Å². The Kier molecular flexibility index (Phi) is 3.08. The number of ketones is 1. The van der Waals surface area contributed by atoms with Gasteiger partial charge in [0, 0.05) is 5.02 Å². The van der Waals surface area contributed by atoms with Crippen LogP contribution in [0.25, 0.3) is 0 Å². The maximum atomic E-state index is 12.5. The second-order valence-corrected chi connectivity index (χ2v) is 5.11. The Bertz CT molecular complexity index is 568. The van der Waals surface area contributed by atoms with E-state index in [0.717, 1.165) is 5.56 Å². The maximum absolute atomic E-state index is 12.5. The third-order valence-electron chi connectivity index (χ3n) is 3.49. The van der Waals surface area contributed by atoms with Crippen LogP contribution in [-0.2, 0) is 0 Å². The van der Waals surface area contributed by atoms with E-state index in [4.69, 9.17) is 21.6 Å². The van der Waals surface area contributed by atoms with E-state index in [-0.39, 0.29) is 5.78 Å². The Morgan fingerprint density at radius 3 is 2.56 bits per heavy atom. The highest BCUT2D eigenvalue weighted by molar-refractivity contribution is 6.33. The first kappa shape index (κ1) is 12.9. The predicted octanol–water partition coefficient (Wildman–Crippen LogP) is 3.45. The van der Waals surface area contributed by atoms with Gasteiger partial charge in [0.1, 0.15) is 11.2 Å².